The van der Waals surface area contributed by atoms with Crippen LogP contribution in [0, 0.1) is 17.8 Å². The third kappa shape index (κ3) is 1.51. The summed E-state index contributed by atoms with van der Waals surface area (Å²) < 4.78 is 0. The van der Waals surface area contributed by atoms with Gasteiger partial charge >= 0.3 is 0 Å². The summed E-state index contributed by atoms with van der Waals surface area (Å²) in [7, 11) is 0. The average molecular weight is 174 g/mol. The molecule has 0 unspecified atom stereocenters. The molecule has 2 bridgehead atoms. The molecule has 0 spiro atoms. The van der Waals surface area contributed by atoms with E-state index < -0.39 is 0 Å². The number of rotatable bonds is 0. The lowest BCUT2D eigenvalue weighted by Crippen LogP contribution is -2.22. The van der Waals surface area contributed by atoms with Gasteiger partial charge in [-0.3, -0.25) is 4.79 Å². The molecular formula is C12H14O. The molecule has 2 rings (SSSR count). The summed E-state index contributed by atoms with van der Waals surface area (Å²) >= 11 is 0. The Hall–Kier alpha value is -1.11. The molecule has 0 radical (unpaired) electrons. The Kier molecular flexibility index (Phi) is 2.17. The van der Waals surface area contributed by atoms with Crippen molar-refractivity contribution in [3.05, 3.63) is 36.5 Å². The lowest BCUT2D eigenvalue weighted by Gasteiger charge is -2.16. The predicted molar refractivity (Wildman–Crippen MR) is 53.2 cm³/mol. The topological polar surface area (TPSA) is 17.1 Å². The molecule has 0 aromatic rings. The molecule has 0 amide bonds. The highest BCUT2D eigenvalue weighted by Crippen LogP contribution is 2.28. The van der Waals surface area contributed by atoms with Gasteiger partial charge in [0.2, 0.25) is 0 Å². The molecule has 0 fully saturated rings. The Balaban J connectivity index is 2.37. The van der Waals surface area contributed by atoms with E-state index in [2.05, 4.69) is 19.1 Å². The molecular weight excluding hydrogens is 160 g/mol. The molecule has 13 heavy (non-hydrogen) atoms. The second-order valence-electron chi connectivity index (χ2n) is 3.83. The number of carbonyl (C=O) groups excluding carboxylic acids is 1. The van der Waals surface area contributed by atoms with Crippen LogP contribution in [0.1, 0.15) is 13.3 Å². The first-order valence-electron chi connectivity index (χ1n) is 4.84. The van der Waals surface area contributed by atoms with Crippen LogP contribution in [0.5, 0.6) is 0 Å². The second kappa shape index (κ2) is 3.33. The SMILES string of the molecule is C[C@@H]1C=CC[C@@H]2C=CC=C[C@H]1C2=O. The van der Waals surface area contributed by atoms with Crippen molar-refractivity contribution in [2.24, 2.45) is 17.8 Å². The first kappa shape index (κ1) is 8.49. The summed E-state index contributed by atoms with van der Waals surface area (Å²) in [5, 5.41) is 0. The Morgan fingerprint density at radius 2 is 2.00 bits per heavy atom. The molecule has 1 nitrogen and oxygen atoms in total. The zero-order chi connectivity index (χ0) is 9.26. The minimum Gasteiger partial charge on any atom is -0.298 e. The smallest absolute Gasteiger partial charge is 0.147 e. The summed E-state index contributed by atoms with van der Waals surface area (Å²) in [4.78, 5) is 11.9. The van der Waals surface area contributed by atoms with Gasteiger partial charge in [-0.1, -0.05) is 43.4 Å². The molecule has 1 heteroatoms. The van der Waals surface area contributed by atoms with Gasteiger partial charge in [0.15, 0.2) is 0 Å². The van der Waals surface area contributed by atoms with Crippen molar-refractivity contribution in [2.45, 2.75) is 13.3 Å². The molecule has 0 heterocycles. The van der Waals surface area contributed by atoms with Crippen LogP contribution in [0.25, 0.3) is 0 Å². The van der Waals surface area contributed by atoms with Crippen LogP contribution >= 0.6 is 0 Å². The van der Waals surface area contributed by atoms with E-state index in [-0.39, 0.29) is 11.8 Å². The van der Waals surface area contributed by atoms with E-state index in [0.29, 0.717) is 11.7 Å². The maximum atomic E-state index is 11.9. The lowest BCUT2D eigenvalue weighted by molar-refractivity contribution is -0.124. The second-order valence-corrected chi connectivity index (χ2v) is 3.83. The van der Waals surface area contributed by atoms with Crippen molar-refractivity contribution in [1.82, 2.24) is 0 Å². The summed E-state index contributed by atoms with van der Waals surface area (Å²) in [6.07, 6.45) is 13.2. The van der Waals surface area contributed by atoms with Gasteiger partial charge in [0, 0.05) is 11.8 Å². The maximum Gasteiger partial charge on any atom is 0.147 e. The minimum absolute atomic E-state index is 0.0961. The van der Waals surface area contributed by atoms with Crippen LogP contribution in [0.2, 0.25) is 0 Å². The van der Waals surface area contributed by atoms with Crippen LogP contribution < -0.4 is 0 Å². The van der Waals surface area contributed by atoms with Crippen molar-refractivity contribution in [1.29, 1.82) is 0 Å². The zero-order valence-electron chi connectivity index (χ0n) is 7.81. The van der Waals surface area contributed by atoms with Crippen LogP contribution in [-0.2, 0) is 4.79 Å². The number of ketones is 1. The Morgan fingerprint density at radius 1 is 1.23 bits per heavy atom. The van der Waals surface area contributed by atoms with Gasteiger partial charge in [-0.25, -0.2) is 0 Å². The molecule has 0 saturated heterocycles. The largest absolute Gasteiger partial charge is 0.298 e. The molecule has 0 aromatic carbocycles. The van der Waals surface area contributed by atoms with Crippen molar-refractivity contribution in [2.75, 3.05) is 0 Å². The van der Waals surface area contributed by atoms with Gasteiger partial charge in [0.25, 0.3) is 0 Å². The zero-order valence-corrected chi connectivity index (χ0v) is 7.81. The van der Waals surface area contributed by atoms with Crippen molar-refractivity contribution in [3.63, 3.8) is 0 Å². The summed E-state index contributed by atoms with van der Waals surface area (Å²) in [6.45, 7) is 2.11. The van der Waals surface area contributed by atoms with Gasteiger partial charge < -0.3 is 0 Å². The van der Waals surface area contributed by atoms with Gasteiger partial charge in [-0.2, -0.15) is 0 Å². The van der Waals surface area contributed by atoms with Crippen LogP contribution in [0.15, 0.2) is 36.5 Å². The molecule has 0 N–H and O–H groups in total. The van der Waals surface area contributed by atoms with Gasteiger partial charge in [-0.05, 0) is 12.3 Å². The van der Waals surface area contributed by atoms with E-state index >= 15 is 0 Å². The minimum atomic E-state index is 0.0961. The first-order valence-corrected chi connectivity index (χ1v) is 4.84. The van der Waals surface area contributed by atoms with Crippen LogP contribution in [-0.4, -0.2) is 5.78 Å². The van der Waals surface area contributed by atoms with Crippen LogP contribution in [0.3, 0.4) is 0 Å². The van der Waals surface area contributed by atoms with E-state index in [1.807, 2.05) is 24.3 Å². The summed E-state index contributed by atoms with van der Waals surface area (Å²) in [6, 6.07) is 0. The fourth-order valence-electron chi connectivity index (χ4n) is 2.01. The molecule has 2 aliphatic carbocycles. The fraction of sp³-hybridized carbons (Fsp3) is 0.417. The highest BCUT2D eigenvalue weighted by molar-refractivity contribution is 5.88. The van der Waals surface area contributed by atoms with E-state index in [1.165, 1.54) is 0 Å². The highest BCUT2D eigenvalue weighted by atomic mass is 16.1. The Morgan fingerprint density at radius 3 is 2.85 bits per heavy atom. The Labute approximate surface area is 78.8 Å². The number of hydrogen-bond donors (Lipinski definition) is 0. The van der Waals surface area contributed by atoms with Gasteiger partial charge in [0.05, 0.1) is 0 Å². The number of fused-ring (bicyclic) bond motifs is 2. The lowest BCUT2D eigenvalue weighted by atomic mass is 9.86. The number of hydrogen-bond acceptors (Lipinski definition) is 1. The van der Waals surface area contributed by atoms with Gasteiger partial charge in [-0.15, -0.1) is 0 Å². The first-order chi connectivity index (χ1) is 6.29. The monoisotopic (exact) mass is 174 g/mol. The van der Waals surface area contributed by atoms with E-state index in [1.54, 1.807) is 0 Å². The van der Waals surface area contributed by atoms with Crippen molar-refractivity contribution < 1.29 is 4.79 Å². The molecule has 0 saturated carbocycles. The molecule has 0 aliphatic heterocycles. The van der Waals surface area contributed by atoms with Gasteiger partial charge in [0.1, 0.15) is 5.78 Å². The Bertz CT molecular complexity index is 296. The normalized spacial score (nSPS) is 37.3. The third-order valence-electron chi connectivity index (χ3n) is 2.86. The standard InChI is InChI=1S/C12H14O/c1-9-5-4-7-10-6-2-3-8-11(9)12(10)13/h2-6,8-11H,7H2,1H3/t9-,10+,11-/m1/s1. The van der Waals surface area contributed by atoms with Crippen molar-refractivity contribution >= 4 is 5.78 Å². The number of Topliss-reactive ketones (excluding diaryl/α,β-unsaturated/α-hetero) is 1. The number of allylic oxidation sites excluding steroid dienone is 6. The quantitative estimate of drug-likeness (QED) is 0.516. The van der Waals surface area contributed by atoms with Crippen LogP contribution in [0.4, 0.5) is 0 Å². The van der Waals surface area contributed by atoms with E-state index in [0.717, 1.165) is 6.42 Å². The molecule has 3 atom stereocenters. The average Bonchev–Trinajstić information content (AvgIpc) is 2.36. The maximum absolute atomic E-state index is 11.9. The third-order valence-corrected chi connectivity index (χ3v) is 2.86. The molecule has 2 aliphatic rings. The molecule has 0 aromatic heterocycles. The number of carbonyl (C=O) groups is 1. The van der Waals surface area contributed by atoms with Crippen molar-refractivity contribution in [3.8, 4) is 0 Å². The highest BCUT2D eigenvalue weighted by Gasteiger charge is 2.28. The molecule has 68 valence electrons. The predicted octanol–water partition coefficient (Wildman–Crippen LogP) is 2.51. The summed E-state index contributed by atoms with van der Waals surface area (Å²) in [5.74, 6) is 0.941. The summed E-state index contributed by atoms with van der Waals surface area (Å²) in [5.41, 5.74) is 0. The fourth-order valence-corrected chi connectivity index (χ4v) is 2.01. The van der Waals surface area contributed by atoms with E-state index in [4.69, 9.17) is 0 Å². The van der Waals surface area contributed by atoms with E-state index in [9.17, 15) is 4.79 Å².